The molecule has 0 atom stereocenters. The van der Waals surface area contributed by atoms with Gasteiger partial charge >= 0.3 is 0 Å². The van der Waals surface area contributed by atoms with E-state index in [-0.39, 0.29) is 0 Å². The van der Waals surface area contributed by atoms with Crippen LogP contribution in [0.2, 0.25) is 0 Å². The number of benzene rings is 1. The molecule has 0 saturated heterocycles. The first kappa shape index (κ1) is 8.36. The standard InChI is InChI=1S/C12H14O/c1-13-12-4-2-3-11(9-12)8-7-10-5-6-10/h2-4,7-10H,5-6H2,1H3. The van der Waals surface area contributed by atoms with Gasteiger partial charge < -0.3 is 4.74 Å². The highest BCUT2D eigenvalue weighted by molar-refractivity contribution is 5.52. The third kappa shape index (κ3) is 2.35. The topological polar surface area (TPSA) is 9.23 Å². The van der Waals surface area contributed by atoms with E-state index in [0.717, 1.165) is 11.7 Å². The molecule has 0 amide bonds. The van der Waals surface area contributed by atoms with Gasteiger partial charge in [-0.05, 0) is 36.5 Å². The van der Waals surface area contributed by atoms with Crippen molar-refractivity contribution in [2.45, 2.75) is 12.8 Å². The predicted octanol–water partition coefficient (Wildman–Crippen LogP) is 3.12. The summed E-state index contributed by atoms with van der Waals surface area (Å²) in [5.74, 6) is 1.77. The summed E-state index contributed by atoms with van der Waals surface area (Å²) in [4.78, 5) is 0. The van der Waals surface area contributed by atoms with Gasteiger partial charge in [0, 0.05) is 0 Å². The van der Waals surface area contributed by atoms with E-state index in [1.165, 1.54) is 18.4 Å². The van der Waals surface area contributed by atoms with E-state index < -0.39 is 0 Å². The Morgan fingerprint density at radius 2 is 2.23 bits per heavy atom. The maximum atomic E-state index is 5.14. The summed E-state index contributed by atoms with van der Waals surface area (Å²) < 4.78 is 5.14. The Labute approximate surface area is 79.0 Å². The zero-order valence-electron chi connectivity index (χ0n) is 7.86. The molecule has 1 fully saturated rings. The lowest BCUT2D eigenvalue weighted by atomic mass is 10.2. The lowest BCUT2D eigenvalue weighted by Gasteiger charge is -1.99. The first-order chi connectivity index (χ1) is 6.38. The van der Waals surface area contributed by atoms with Gasteiger partial charge in [-0.25, -0.2) is 0 Å². The van der Waals surface area contributed by atoms with Crippen LogP contribution in [0.4, 0.5) is 0 Å². The van der Waals surface area contributed by atoms with Gasteiger partial charge in [0.1, 0.15) is 5.75 Å². The summed E-state index contributed by atoms with van der Waals surface area (Å²) in [6.45, 7) is 0. The van der Waals surface area contributed by atoms with Crippen LogP contribution in [0.25, 0.3) is 6.08 Å². The van der Waals surface area contributed by atoms with Crippen molar-refractivity contribution >= 4 is 6.08 Å². The molecule has 1 aliphatic carbocycles. The van der Waals surface area contributed by atoms with Crippen molar-refractivity contribution in [2.24, 2.45) is 5.92 Å². The van der Waals surface area contributed by atoms with Gasteiger partial charge in [-0.3, -0.25) is 0 Å². The third-order valence-corrected chi connectivity index (χ3v) is 2.28. The third-order valence-electron chi connectivity index (χ3n) is 2.28. The second-order valence-electron chi connectivity index (χ2n) is 3.47. The number of allylic oxidation sites excluding steroid dienone is 1. The lowest BCUT2D eigenvalue weighted by molar-refractivity contribution is 0.414. The van der Waals surface area contributed by atoms with Gasteiger partial charge in [0.15, 0.2) is 0 Å². The van der Waals surface area contributed by atoms with Crippen molar-refractivity contribution in [3.8, 4) is 5.75 Å². The van der Waals surface area contributed by atoms with Crippen molar-refractivity contribution in [1.29, 1.82) is 0 Å². The molecule has 0 aliphatic heterocycles. The van der Waals surface area contributed by atoms with Crippen LogP contribution >= 0.6 is 0 Å². The van der Waals surface area contributed by atoms with Crippen molar-refractivity contribution in [3.05, 3.63) is 35.9 Å². The molecule has 0 spiro atoms. The second-order valence-corrected chi connectivity index (χ2v) is 3.47. The van der Waals surface area contributed by atoms with Crippen LogP contribution < -0.4 is 4.74 Å². The van der Waals surface area contributed by atoms with Crippen molar-refractivity contribution in [3.63, 3.8) is 0 Å². The molecular formula is C12H14O. The van der Waals surface area contributed by atoms with Gasteiger partial charge in [0.05, 0.1) is 7.11 Å². The smallest absolute Gasteiger partial charge is 0.119 e. The van der Waals surface area contributed by atoms with E-state index in [9.17, 15) is 0 Å². The predicted molar refractivity (Wildman–Crippen MR) is 54.8 cm³/mol. The fourth-order valence-electron chi connectivity index (χ4n) is 1.28. The maximum absolute atomic E-state index is 5.14. The van der Waals surface area contributed by atoms with Gasteiger partial charge in [-0.2, -0.15) is 0 Å². The molecule has 1 saturated carbocycles. The molecule has 1 heteroatoms. The average molecular weight is 174 g/mol. The number of ether oxygens (including phenoxy) is 1. The maximum Gasteiger partial charge on any atom is 0.119 e. The zero-order chi connectivity index (χ0) is 9.10. The first-order valence-corrected chi connectivity index (χ1v) is 4.71. The van der Waals surface area contributed by atoms with E-state index in [0.29, 0.717) is 0 Å². The Morgan fingerprint density at radius 3 is 2.92 bits per heavy atom. The normalized spacial score (nSPS) is 16.4. The number of hydrogen-bond donors (Lipinski definition) is 0. The summed E-state index contributed by atoms with van der Waals surface area (Å²) in [5, 5.41) is 0. The van der Waals surface area contributed by atoms with Crippen LogP contribution in [0.3, 0.4) is 0 Å². The van der Waals surface area contributed by atoms with E-state index >= 15 is 0 Å². The highest BCUT2D eigenvalue weighted by Crippen LogP contribution is 2.31. The average Bonchev–Trinajstić information content (AvgIpc) is 2.99. The SMILES string of the molecule is COc1cccc(C=CC2CC2)c1. The molecule has 0 unspecified atom stereocenters. The van der Waals surface area contributed by atoms with Crippen LogP contribution in [0.15, 0.2) is 30.3 Å². The molecule has 2 rings (SSSR count). The van der Waals surface area contributed by atoms with Crippen molar-refractivity contribution < 1.29 is 4.74 Å². The van der Waals surface area contributed by atoms with Gasteiger partial charge in [0.25, 0.3) is 0 Å². The molecule has 1 aliphatic rings. The highest BCUT2D eigenvalue weighted by Gasteiger charge is 2.16. The van der Waals surface area contributed by atoms with Gasteiger partial charge in [-0.15, -0.1) is 0 Å². The summed E-state index contributed by atoms with van der Waals surface area (Å²) in [6.07, 6.45) is 7.19. The molecule has 13 heavy (non-hydrogen) atoms. The van der Waals surface area contributed by atoms with E-state index in [1.807, 2.05) is 12.1 Å². The van der Waals surface area contributed by atoms with Gasteiger partial charge in [-0.1, -0.05) is 24.3 Å². The minimum atomic E-state index is 0.839. The van der Waals surface area contributed by atoms with Crippen molar-refractivity contribution in [2.75, 3.05) is 7.11 Å². The van der Waals surface area contributed by atoms with Crippen LogP contribution in [-0.4, -0.2) is 7.11 Å². The fraction of sp³-hybridized carbons (Fsp3) is 0.333. The summed E-state index contributed by atoms with van der Waals surface area (Å²) in [7, 11) is 1.70. The minimum absolute atomic E-state index is 0.839. The van der Waals surface area contributed by atoms with Crippen LogP contribution in [0.1, 0.15) is 18.4 Å². The molecule has 1 aromatic carbocycles. The largest absolute Gasteiger partial charge is 0.497 e. The molecule has 1 aromatic rings. The number of hydrogen-bond acceptors (Lipinski definition) is 1. The Kier molecular flexibility index (Phi) is 2.35. The molecule has 0 bridgehead atoms. The quantitative estimate of drug-likeness (QED) is 0.684. The lowest BCUT2D eigenvalue weighted by Crippen LogP contribution is -1.82. The Hall–Kier alpha value is -1.24. The molecule has 0 N–H and O–H groups in total. The van der Waals surface area contributed by atoms with E-state index in [1.54, 1.807) is 7.11 Å². The Bertz CT molecular complexity index is 311. The molecule has 0 radical (unpaired) electrons. The Morgan fingerprint density at radius 1 is 1.38 bits per heavy atom. The monoisotopic (exact) mass is 174 g/mol. The van der Waals surface area contributed by atoms with Crippen LogP contribution in [0, 0.1) is 5.92 Å². The molecular weight excluding hydrogens is 160 g/mol. The summed E-state index contributed by atoms with van der Waals surface area (Å²) >= 11 is 0. The van der Waals surface area contributed by atoms with Gasteiger partial charge in [0.2, 0.25) is 0 Å². The Balaban J connectivity index is 2.09. The minimum Gasteiger partial charge on any atom is -0.497 e. The molecule has 0 heterocycles. The summed E-state index contributed by atoms with van der Waals surface area (Å²) in [6, 6.07) is 8.14. The molecule has 0 aromatic heterocycles. The first-order valence-electron chi connectivity index (χ1n) is 4.71. The van der Waals surface area contributed by atoms with Crippen molar-refractivity contribution in [1.82, 2.24) is 0 Å². The number of methoxy groups -OCH3 is 1. The zero-order valence-corrected chi connectivity index (χ0v) is 7.86. The summed E-state index contributed by atoms with van der Waals surface area (Å²) in [5.41, 5.74) is 1.23. The number of rotatable bonds is 3. The molecule has 68 valence electrons. The van der Waals surface area contributed by atoms with Crippen LogP contribution in [0.5, 0.6) is 5.75 Å². The fourth-order valence-corrected chi connectivity index (χ4v) is 1.28. The second kappa shape index (κ2) is 3.65. The molecule has 1 nitrogen and oxygen atoms in total. The van der Waals surface area contributed by atoms with E-state index in [4.69, 9.17) is 4.74 Å². The highest BCUT2D eigenvalue weighted by atomic mass is 16.5. The van der Waals surface area contributed by atoms with E-state index in [2.05, 4.69) is 24.3 Å². The van der Waals surface area contributed by atoms with Crippen LogP contribution in [-0.2, 0) is 0 Å².